The lowest BCUT2D eigenvalue weighted by Gasteiger charge is -2.16. The number of aromatic nitrogens is 5. The lowest BCUT2D eigenvalue weighted by atomic mass is 9.92. The Balaban J connectivity index is 1.72. The summed E-state index contributed by atoms with van der Waals surface area (Å²) >= 11 is 0. The molecule has 4 aromatic rings. The number of nitrogens with zero attached hydrogens (tertiary/aromatic N) is 5. The molecule has 0 radical (unpaired) electrons. The van der Waals surface area contributed by atoms with Gasteiger partial charge in [-0.25, -0.2) is 0 Å². The Bertz CT molecular complexity index is 1400. The maximum atomic E-state index is 13.0. The van der Waals surface area contributed by atoms with Crippen LogP contribution in [-0.4, -0.2) is 31.3 Å². The molecule has 2 aromatic carbocycles. The standard InChI is InChI=1S/C25H22F3N5O2/c1-4-16-5-7-17(8-6-16)20-11-18(12-23-31-30-15(3)34-23)24-32-29-14(2)33(24)22-10-9-19(13-21(20)22)35-25(26,27)28/h5-11,13,18H,4,12H2,1-3H3/t18-/m0/s1. The summed E-state index contributed by atoms with van der Waals surface area (Å²) in [6.45, 7) is 5.58. The quantitative estimate of drug-likeness (QED) is 0.375. The van der Waals surface area contributed by atoms with Gasteiger partial charge in [0.15, 0.2) is 0 Å². The van der Waals surface area contributed by atoms with Crippen molar-refractivity contribution >= 4 is 5.57 Å². The van der Waals surface area contributed by atoms with E-state index in [9.17, 15) is 13.2 Å². The minimum Gasteiger partial charge on any atom is -0.426 e. The van der Waals surface area contributed by atoms with Crippen LogP contribution in [0.1, 0.15) is 53.0 Å². The highest BCUT2D eigenvalue weighted by Crippen LogP contribution is 2.40. The van der Waals surface area contributed by atoms with E-state index < -0.39 is 6.36 Å². The smallest absolute Gasteiger partial charge is 0.426 e. The van der Waals surface area contributed by atoms with E-state index in [1.54, 1.807) is 19.9 Å². The SMILES string of the molecule is CCc1ccc(C2=C[C@@H](Cc3nnc(C)o3)c3nnc(C)n3-c3ccc(OC(F)(F)F)cc32)cc1. The van der Waals surface area contributed by atoms with Gasteiger partial charge in [-0.1, -0.05) is 37.3 Å². The Morgan fingerprint density at radius 2 is 1.77 bits per heavy atom. The molecule has 1 aliphatic rings. The number of fused-ring (bicyclic) bond motifs is 3. The number of rotatable bonds is 5. The molecule has 0 spiro atoms. The second-order valence-corrected chi connectivity index (χ2v) is 8.32. The lowest BCUT2D eigenvalue weighted by molar-refractivity contribution is -0.274. The number of alkyl halides is 3. The monoisotopic (exact) mass is 481 g/mol. The van der Waals surface area contributed by atoms with Gasteiger partial charge in [0.2, 0.25) is 11.8 Å². The molecule has 180 valence electrons. The van der Waals surface area contributed by atoms with Gasteiger partial charge in [0.25, 0.3) is 0 Å². The summed E-state index contributed by atoms with van der Waals surface area (Å²) in [6, 6.07) is 12.3. The summed E-state index contributed by atoms with van der Waals surface area (Å²) in [4.78, 5) is 0. The van der Waals surface area contributed by atoms with Crippen LogP contribution in [0, 0.1) is 13.8 Å². The molecular formula is C25H22F3N5O2. The second kappa shape index (κ2) is 8.68. The van der Waals surface area contributed by atoms with Crippen LogP contribution in [0.15, 0.2) is 53.0 Å². The van der Waals surface area contributed by atoms with Crippen molar-refractivity contribution in [3.63, 3.8) is 0 Å². The summed E-state index contributed by atoms with van der Waals surface area (Å²) in [5.74, 6) is 1.49. The Morgan fingerprint density at radius 3 is 2.43 bits per heavy atom. The number of hydrogen-bond acceptors (Lipinski definition) is 6. The van der Waals surface area contributed by atoms with E-state index in [2.05, 4.69) is 32.1 Å². The molecular weight excluding hydrogens is 459 g/mol. The van der Waals surface area contributed by atoms with Crippen LogP contribution in [-0.2, 0) is 12.8 Å². The van der Waals surface area contributed by atoms with Crippen LogP contribution in [0.25, 0.3) is 11.3 Å². The van der Waals surface area contributed by atoms with Gasteiger partial charge in [0, 0.05) is 24.8 Å². The first-order chi connectivity index (χ1) is 16.7. The van der Waals surface area contributed by atoms with Gasteiger partial charge in [-0.15, -0.1) is 33.6 Å². The van der Waals surface area contributed by atoms with Crippen LogP contribution in [0.2, 0.25) is 0 Å². The molecule has 10 heteroatoms. The molecule has 2 aromatic heterocycles. The lowest BCUT2D eigenvalue weighted by Crippen LogP contribution is -2.17. The van der Waals surface area contributed by atoms with Crippen molar-refractivity contribution in [1.29, 1.82) is 0 Å². The highest BCUT2D eigenvalue weighted by molar-refractivity contribution is 5.86. The van der Waals surface area contributed by atoms with E-state index >= 15 is 0 Å². The van der Waals surface area contributed by atoms with E-state index in [4.69, 9.17) is 4.42 Å². The van der Waals surface area contributed by atoms with Gasteiger partial charge in [-0.3, -0.25) is 4.57 Å². The minimum absolute atomic E-state index is 0.300. The number of halogens is 3. The molecule has 1 aliphatic heterocycles. The van der Waals surface area contributed by atoms with Crippen molar-refractivity contribution in [1.82, 2.24) is 25.0 Å². The van der Waals surface area contributed by atoms with E-state index in [1.807, 2.05) is 34.9 Å². The Hall–Kier alpha value is -3.95. The number of benzene rings is 2. The van der Waals surface area contributed by atoms with Crippen molar-refractivity contribution < 1.29 is 22.3 Å². The number of aryl methyl sites for hydroxylation is 3. The maximum Gasteiger partial charge on any atom is 0.573 e. The van der Waals surface area contributed by atoms with E-state index in [0.29, 0.717) is 41.1 Å². The fraction of sp³-hybridized carbons (Fsp3) is 0.280. The Labute approximate surface area is 199 Å². The Morgan fingerprint density at radius 1 is 1.00 bits per heavy atom. The predicted molar refractivity (Wildman–Crippen MR) is 121 cm³/mol. The summed E-state index contributed by atoms with van der Waals surface area (Å²) < 4.78 is 50.8. The zero-order valence-electron chi connectivity index (χ0n) is 19.3. The fourth-order valence-electron chi connectivity index (χ4n) is 4.34. The molecule has 0 aliphatic carbocycles. The fourth-order valence-corrected chi connectivity index (χ4v) is 4.34. The summed E-state index contributed by atoms with van der Waals surface area (Å²) in [5, 5.41) is 16.7. The van der Waals surface area contributed by atoms with Crippen LogP contribution in [0.3, 0.4) is 0 Å². The first kappa shape index (κ1) is 22.8. The highest BCUT2D eigenvalue weighted by Gasteiger charge is 2.33. The summed E-state index contributed by atoms with van der Waals surface area (Å²) in [5.41, 5.74) is 4.00. The molecule has 0 unspecified atom stereocenters. The van der Waals surface area contributed by atoms with Gasteiger partial charge in [-0.05, 0) is 48.2 Å². The third-order valence-corrected chi connectivity index (χ3v) is 5.92. The Kier molecular flexibility index (Phi) is 5.66. The molecule has 3 heterocycles. The van der Waals surface area contributed by atoms with Crippen LogP contribution < -0.4 is 4.74 Å². The minimum atomic E-state index is -4.80. The van der Waals surface area contributed by atoms with Gasteiger partial charge < -0.3 is 9.15 Å². The van der Waals surface area contributed by atoms with E-state index in [1.165, 1.54) is 12.1 Å². The average Bonchev–Trinajstić information content (AvgIpc) is 3.37. The van der Waals surface area contributed by atoms with E-state index in [0.717, 1.165) is 23.1 Å². The van der Waals surface area contributed by atoms with Crippen molar-refractivity contribution in [3.8, 4) is 11.4 Å². The van der Waals surface area contributed by atoms with E-state index in [-0.39, 0.29) is 11.7 Å². The van der Waals surface area contributed by atoms with Crippen molar-refractivity contribution in [2.24, 2.45) is 0 Å². The summed E-state index contributed by atoms with van der Waals surface area (Å²) in [7, 11) is 0. The number of allylic oxidation sites excluding steroid dienone is 1. The largest absolute Gasteiger partial charge is 0.573 e. The van der Waals surface area contributed by atoms with Crippen molar-refractivity contribution in [2.75, 3.05) is 0 Å². The molecule has 0 N–H and O–H groups in total. The zero-order chi connectivity index (χ0) is 24.7. The van der Waals surface area contributed by atoms with Gasteiger partial charge in [-0.2, -0.15) is 0 Å². The van der Waals surface area contributed by atoms with Crippen molar-refractivity contribution in [2.45, 2.75) is 45.9 Å². The van der Waals surface area contributed by atoms with Gasteiger partial charge in [0.1, 0.15) is 17.4 Å². The van der Waals surface area contributed by atoms with Crippen LogP contribution in [0.4, 0.5) is 13.2 Å². The molecule has 0 amide bonds. The third-order valence-electron chi connectivity index (χ3n) is 5.92. The molecule has 1 atom stereocenters. The topological polar surface area (TPSA) is 78.9 Å². The first-order valence-corrected chi connectivity index (χ1v) is 11.1. The molecule has 5 rings (SSSR count). The molecule has 0 bridgehead atoms. The molecule has 0 saturated carbocycles. The third kappa shape index (κ3) is 4.55. The normalized spacial score (nSPS) is 15.3. The molecule has 7 nitrogen and oxygen atoms in total. The average molecular weight is 481 g/mol. The number of hydrogen-bond donors (Lipinski definition) is 0. The second-order valence-electron chi connectivity index (χ2n) is 8.32. The zero-order valence-corrected chi connectivity index (χ0v) is 19.3. The molecule has 0 fully saturated rings. The molecule has 0 saturated heterocycles. The first-order valence-electron chi connectivity index (χ1n) is 11.1. The summed E-state index contributed by atoms with van der Waals surface area (Å²) in [6.07, 6.45) is -1.60. The maximum absolute atomic E-state index is 13.0. The predicted octanol–water partition coefficient (Wildman–Crippen LogP) is 5.50. The van der Waals surface area contributed by atoms with Crippen molar-refractivity contribution in [3.05, 3.63) is 88.7 Å². The number of ether oxygens (including phenoxy) is 1. The van der Waals surface area contributed by atoms with Gasteiger partial charge >= 0.3 is 6.36 Å². The van der Waals surface area contributed by atoms with Crippen LogP contribution >= 0.6 is 0 Å². The van der Waals surface area contributed by atoms with Gasteiger partial charge in [0.05, 0.1) is 5.69 Å². The highest BCUT2D eigenvalue weighted by atomic mass is 19.4. The molecule has 35 heavy (non-hydrogen) atoms. The van der Waals surface area contributed by atoms with Crippen LogP contribution in [0.5, 0.6) is 5.75 Å².